The average Bonchev–Trinajstić information content (AvgIpc) is 3.49. The molecule has 0 atom stereocenters. The predicted molar refractivity (Wildman–Crippen MR) is 175 cm³/mol. The SMILES string of the molecule is Cc1ccc2ccncc2c1-c1cccc2c1oc1c(-c3ccccn3)[c-]ccc12.[2H]C([2H])([2H])c1ccc(-c2[c-]cccc2)nc1.[Ir]. The quantitative estimate of drug-likeness (QED) is 0.169. The molecule has 4 aromatic heterocycles. The molecule has 0 unspecified atom stereocenters. The fourth-order valence-corrected chi connectivity index (χ4v) is 5.39. The number of para-hydroxylation sites is 1. The van der Waals surface area contributed by atoms with Gasteiger partial charge in [0.1, 0.15) is 5.58 Å². The van der Waals surface area contributed by atoms with Gasteiger partial charge in [-0.1, -0.05) is 65.5 Å². The van der Waals surface area contributed by atoms with Crippen LogP contribution in [0.4, 0.5) is 0 Å². The molecule has 0 aliphatic heterocycles. The molecule has 5 heteroatoms. The van der Waals surface area contributed by atoms with Crippen molar-refractivity contribution in [2.45, 2.75) is 13.8 Å². The van der Waals surface area contributed by atoms with Gasteiger partial charge in [0.15, 0.2) is 0 Å². The van der Waals surface area contributed by atoms with Gasteiger partial charge in [-0.2, -0.15) is 0 Å². The van der Waals surface area contributed by atoms with Crippen molar-refractivity contribution in [1.82, 2.24) is 15.0 Å². The van der Waals surface area contributed by atoms with Gasteiger partial charge in [-0.15, -0.1) is 54.1 Å². The van der Waals surface area contributed by atoms with Crippen molar-refractivity contribution in [3.8, 4) is 33.6 Å². The summed E-state index contributed by atoms with van der Waals surface area (Å²) in [6, 6.07) is 39.7. The van der Waals surface area contributed by atoms with Gasteiger partial charge in [0.2, 0.25) is 0 Å². The molecule has 215 valence electrons. The zero-order valence-corrected chi connectivity index (χ0v) is 26.1. The molecule has 4 aromatic carbocycles. The van der Waals surface area contributed by atoms with Crippen molar-refractivity contribution in [3.63, 3.8) is 0 Å². The molecule has 0 aliphatic carbocycles. The second-order valence-electron chi connectivity index (χ2n) is 10.2. The van der Waals surface area contributed by atoms with Crippen LogP contribution in [0.2, 0.25) is 0 Å². The fourth-order valence-electron chi connectivity index (χ4n) is 5.39. The van der Waals surface area contributed by atoms with Gasteiger partial charge < -0.3 is 14.4 Å². The Balaban J connectivity index is 0.000000194. The molecule has 1 radical (unpaired) electrons. The van der Waals surface area contributed by atoms with Crippen LogP contribution in [0.25, 0.3) is 66.4 Å². The Morgan fingerprint density at radius 2 is 1.59 bits per heavy atom. The summed E-state index contributed by atoms with van der Waals surface area (Å²) in [5.41, 5.74) is 8.71. The van der Waals surface area contributed by atoms with Crippen LogP contribution in [0.15, 0.2) is 132 Å². The second-order valence-corrected chi connectivity index (χ2v) is 10.2. The van der Waals surface area contributed by atoms with Gasteiger partial charge in [-0.3, -0.25) is 4.98 Å². The summed E-state index contributed by atoms with van der Waals surface area (Å²) in [5, 5.41) is 4.46. The first-order valence-corrected chi connectivity index (χ1v) is 13.9. The molecule has 8 rings (SSSR count). The minimum absolute atomic E-state index is 0. The van der Waals surface area contributed by atoms with Gasteiger partial charge >= 0.3 is 0 Å². The Morgan fingerprint density at radius 3 is 2.39 bits per heavy atom. The summed E-state index contributed by atoms with van der Waals surface area (Å²) in [6.07, 6.45) is 6.95. The summed E-state index contributed by atoms with van der Waals surface area (Å²) >= 11 is 0. The standard InChI is InChI=1S/C27H17N2O.C12H10N.Ir/c1-17-11-12-18-13-15-28-16-23(18)25(17)22-9-5-7-20-19-6-4-8-21(26(19)30-27(20)22)24-10-2-3-14-29-24;1-10-7-8-12(13-9-10)11-5-3-2-4-6-11;/h2-7,9-16H,1H3;2-5,7-9H,1H3;/q2*-1;/i;1D3;. The number of aryl methyl sites for hydroxylation is 2. The van der Waals surface area contributed by atoms with Gasteiger partial charge in [0, 0.05) is 65.3 Å². The van der Waals surface area contributed by atoms with E-state index < -0.39 is 6.85 Å². The number of nitrogens with zero attached hydrogens (tertiary/aromatic N) is 3. The van der Waals surface area contributed by atoms with Crippen molar-refractivity contribution in [2.75, 3.05) is 0 Å². The Labute approximate surface area is 274 Å². The van der Waals surface area contributed by atoms with Crippen molar-refractivity contribution < 1.29 is 28.6 Å². The molecule has 0 aliphatic rings. The number of rotatable bonds is 3. The van der Waals surface area contributed by atoms with E-state index in [0.29, 0.717) is 0 Å². The molecule has 4 heterocycles. The first kappa shape index (κ1) is 25.5. The maximum atomic E-state index is 7.23. The molecule has 0 fully saturated rings. The number of furan rings is 1. The number of hydrogen-bond acceptors (Lipinski definition) is 4. The average molecular weight is 749 g/mol. The summed E-state index contributed by atoms with van der Waals surface area (Å²) < 4.78 is 28.2. The first-order valence-electron chi connectivity index (χ1n) is 15.4. The van der Waals surface area contributed by atoms with E-state index in [9.17, 15) is 0 Å². The summed E-state index contributed by atoms with van der Waals surface area (Å²) in [5.74, 6) is 0. The Hall–Kier alpha value is -4.96. The number of pyridine rings is 3. The normalized spacial score (nSPS) is 12.1. The van der Waals surface area contributed by atoms with Crippen LogP contribution in [-0.4, -0.2) is 15.0 Å². The topological polar surface area (TPSA) is 51.8 Å². The Kier molecular flexibility index (Phi) is 7.38. The molecule has 0 saturated heterocycles. The van der Waals surface area contributed by atoms with E-state index in [1.54, 1.807) is 24.4 Å². The monoisotopic (exact) mass is 749 g/mol. The second kappa shape index (κ2) is 12.7. The Bertz CT molecular complexity index is 2300. The third-order valence-electron chi connectivity index (χ3n) is 7.43. The third kappa shape index (κ3) is 5.56. The minimum Gasteiger partial charge on any atom is -0.500 e. The zero-order valence-electron chi connectivity index (χ0n) is 26.7. The molecule has 0 spiro atoms. The minimum atomic E-state index is -2.09. The molecule has 44 heavy (non-hydrogen) atoms. The summed E-state index contributed by atoms with van der Waals surface area (Å²) in [7, 11) is 0. The van der Waals surface area contributed by atoms with E-state index in [2.05, 4.69) is 70.4 Å². The van der Waals surface area contributed by atoms with Crippen LogP contribution < -0.4 is 0 Å². The van der Waals surface area contributed by atoms with Crippen LogP contribution in [0.1, 0.15) is 15.2 Å². The molecular weight excluding hydrogens is 719 g/mol. The number of aromatic nitrogens is 3. The first-order chi connectivity index (χ1) is 22.4. The number of hydrogen-bond donors (Lipinski definition) is 0. The van der Waals surface area contributed by atoms with Crippen molar-refractivity contribution in [1.29, 1.82) is 0 Å². The van der Waals surface area contributed by atoms with Crippen LogP contribution in [0.3, 0.4) is 0 Å². The van der Waals surface area contributed by atoms with E-state index in [4.69, 9.17) is 8.53 Å². The van der Waals surface area contributed by atoms with Crippen LogP contribution in [0.5, 0.6) is 0 Å². The summed E-state index contributed by atoms with van der Waals surface area (Å²) in [6.45, 7) is 0.0439. The smallest absolute Gasteiger partial charge is 0.128 e. The zero-order chi connectivity index (χ0) is 31.7. The van der Waals surface area contributed by atoms with E-state index in [0.717, 1.165) is 61.0 Å². The molecular formula is C39H27IrN3O-2. The fraction of sp³-hybridized carbons (Fsp3) is 0.0513. The maximum absolute atomic E-state index is 7.23. The molecule has 4 nitrogen and oxygen atoms in total. The van der Waals surface area contributed by atoms with E-state index >= 15 is 0 Å². The van der Waals surface area contributed by atoms with E-state index in [1.165, 1.54) is 17.1 Å². The van der Waals surface area contributed by atoms with E-state index in [1.807, 2.05) is 60.9 Å². The van der Waals surface area contributed by atoms with Crippen LogP contribution in [0, 0.1) is 25.9 Å². The Morgan fingerprint density at radius 1 is 0.682 bits per heavy atom. The van der Waals surface area contributed by atoms with Gasteiger partial charge in [0.25, 0.3) is 0 Å². The van der Waals surface area contributed by atoms with Crippen molar-refractivity contribution in [3.05, 3.63) is 151 Å². The van der Waals surface area contributed by atoms with Crippen molar-refractivity contribution in [2.24, 2.45) is 0 Å². The molecule has 0 saturated carbocycles. The number of benzene rings is 4. The van der Waals surface area contributed by atoms with E-state index in [-0.39, 0.29) is 25.7 Å². The van der Waals surface area contributed by atoms with Crippen LogP contribution in [-0.2, 0) is 20.1 Å². The van der Waals surface area contributed by atoms with Gasteiger partial charge in [-0.25, -0.2) is 0 Å². The maximum Gasteiger partial charge on any atom is 0.128 e. The van der Waals surface area contributed by atoms with Gasteiger partial charge in [-0.05, 0) is 59.4 Å². The molecule has 0 bridgehead atoms. The summed E-state index contributed by atoms with van der Waals surface area (Å²) in [4.78, 5) is 13.0. The third-order valence-corrected chi connectivity index (χ3v) is 7.43. The van der Waals surface area contributed by atoms with Crippen molar-refractivity contribution >= 4 is 32.7 Å². The number of fused-ring (bicyclic) bond motifs is 4. The molecule has 0 amide bonds. The van der Waals surface area contributed by atoms with Gasteiger partial charge in [0.05, 0.1) is 5.58 Å². The molecule has 8 aromatic rings. The molecule has 0 N–H and O–H groups in total. The van der Waals surface area contributed by atoms with Crippen LogP contribution >= 0.6 is 0 Å². The predicted octanol–water partition coefficient (Wildman–Crippen LogP) is 9.83. The largest absolute Gasteiger partial charge is 0.500 e.